The van der Waals surface area contributed by atoms with Crippen LogP contribution in [-0.4, -0.2) is 30.6 Å². The van der Waals surface area contributed by atoms with Gasteiger partial charge in [0.25, 0.3) is 0 Å². The zero-order chi connectivity index (χ0) is 19.5. The molecule has 0 aliphatic carbocycles. The third-order valence-electron chi connectivity index (χ3n) is 4.76. The first kappa shape index (κ1) is 22.6. The van der Waals surface area contributed by atoms with Crippen LogP contribution in [0.2, 0.25) is 0 Å². The molecule has 1 saturated heterocycles. The molecule has 0 saturated carbocycles. The molecule has 1 amide bonds. The van der Waals surface area contributed by atoms with Gasteiger partial charge in [-0.1, -0.05) is 12.1 Å². The molecule has 10 heteroatoms. The first-order valence-corrected chi connectivity index (χ1v) is 9.40. The van der Waals surface area contributed by atoms with Gasteiger partial charge in [-0.3, -0.25) is 4.79 Å². The van der Waals surface area contributed by atoms with Crippen molar-refractivity contribution in [2.45, 2.75) is 25.6 Å². The minimum atomic E-state index is -4.36. The zero-order valence-corrected chi connectivity index (χ0v) is 16.6. The van der Waals surface area contributed by atoms with Gasteiger partial charge in [-0.05, 0) is 25.0 Å². The molecule has 0 unspecified atom stereocenters. The summed E-state index contributed by atoms with van der Waals surface area (Å²) in [6.07, 6.45) is -3.19. The van der Waals surface area contributed by atoms with Gasteiger partial charge in [0.05, 0.1) is 23.2 Å². The molecule has 2 heterocycles. The largest absolute Gasteiger partial charge is 0.416 e. The lowest BCUT2D eigenvalue weighted by molar-refractivity contribution is -0.137. The Bertz CT molecular complexity index is 790. The van der Waals surface area contributed by atoms with Gasteiger partial charge in [0.15, 0.2) is 0 Å². The molecule has 5 nitrogen and oxygen atoms in total. The Hall–Kier alpha value is -1.68. The number of carbonyl (C=O) groups is 1. The van der Waals surface area contributed by atoms with Crippen molar-refractivity contribution in [2.75, 3.05) is 19.8 Å². The number of ether oxygens (including phenoxy) is 1. The number of nitrogens with one attached hydrogen (secondary N) is 1. The van der Waals surface area contributed by atoms with Crippen molar-refractivity contribution in [1.29, 1.82) is 0 Å². The molecule has 1 aliphatic rings. The standard InChI is InChI=1S/C18H20F3N3O2S.ClH/c19-18(20,21)13-3-1-12(2-4-13)15-24-14(10-27-15)9-23-16(25)17(11-22)5-7-26-8-6-17;/h1-4,10H,5-9,11,22H2,(H,23,25);1H. The van der Waals surface area contributed by atoms with Crippen molar-refractivity contribution >= 4 is 29.7 Å². The van der Waals surface area contributed by atoms with E-state index in [1.807, 2.05) is 0 Å². The number of rotatable bonds is 5. The second-order valence-corrected chi connectivity index (χ2v) is 7.36. The van der Waals surface area contributed by atoms with Crippen molar-refractivity contribution in [3.63, 3.8) is 0 Å². The highest BCUT2D eigenvalue weighted by atomic mass is 35.5. The molecule has 0 bridgehead atoms. The second kappa shape index (κ2) is 9.21. The van der Waals surface area contributed by atoms with Crippen LogP contribution < -0.4 is 11.1 Å². The average molecular weight is 436 g/mol. The number of hydrogen-bond acceptors (Lipinski definition) is 5. The third kappa shape index (κ3) is 5.02. The van der Waals surface area contributed by atoms with E-state index in [4.69, 9.17) is 10.5 Å². The molecule has 0 spiro atoms. The number of halogens is 4. The van der Waals surface area contributed by atoms with Crippen LogP contribution in [0, 0.1) is 5.41 Å². The zero-order valence-electron chi connectivity index (χ0n) is 14.9. The summed E-state index contributed by atoms with van der Waals surface area (Å²) in [5.74, 6) is -0.114. The average Bonchev–Trinajstić information content (AvgIpc) is 3.15. The number of nitrogens with zero attached hydrogens (tertiary/aromatic N) is 1. The predicted octanol–water partition coefficient (Wildman–Crippen LogP) is 3.62. The number of alkyl halides is 3. The van der Waals surface area contributed by atoms with Crippen molar-refractivity contribution in [3.8, 4) is 10.6 Å². The van der Waals surface area contributed by atoms with Crippen LogP contribution in [0.5, 0.6) is 0 Å². The van der Waals surface area contributed by atoms with E-state index in [1.165, 1.54) is 23.5 Å². The number of carbonyl (C=O) groups excluding carboxylic acids is 1. The van der Waals surface area contributed by atoms with E-state index in [1.54, 1.807) is 5.38 Å². The maximum Gasteiger partial charge on any atom is 0.416 e. The van der Waals surface area contributed by atoms with Crippen LogP contribution in [0.4, 0.5) is 13.2 Å². The molecular weight excluding hydrogens is 415 g/mol. The number of amides is 1. The lowest BCUT2D eigenvalue weighted by atomic mass is 9.79. The lowest BCUT2D eigenvalue weighted by Gasteiger charge is -2.34. The Labute approximate surface area is 170 Å². The summed E-state index contributed by atoms with van der Waals surface area (Å²) in [5, 5.41) is 5.26. The molecule has 1 aliphatic heterocycles. The summed E-state index contributed by atoms with van der Waals surface area (Å²) in [6.45, 7) is 1.54. The summed E-state index contributed by atoms with van der Waals surface area (Å²) in [4.78, 5) is 17.0. The van der Waals surface area contributed by atoms with Gasteiger partial charge in [0.2, 0.25) is 5.91 Å². The Kier molecular flexibility index (Phi) is 7.44. The highest BCUT2D eigenvalue weighted by molar-refractivity contribution is 7.13. The molecule has 154 valence electrons. The highest BCUT2D eigenvalue weighted by Gasteiger charge is 2.38. The molecule has 3 rings (SSSR count). The quantitative estimate of drug-likeness (QED) is 0.752. The van der Waals surface area contributed by atoms with Gasteiger partial charge < -0.3 is 15.8 Å². The molecule has 1 fully saturated rings. The first-order valence-electron chi connectivity index (χ1n) is 8.52. The van der Waals surface area contributed by atoms with Gasteiger partial charge in [-0.25, -0.2) is 4.98 Å². The third-order valence-corrected chi connectivity index (χ3v) is 5.70. The van der Waals surface area contributed by atoms with E-state index in [0.29, 0.717) is 42.3 Å². The highest BCUT2D eigenvalue weighted by Crippen LogP contribution is 2.32. The van der Waals surface area contributed by atoms with Crippen LogP contribution in [0.3, 0.4) is 0 Å². The van der Waals surface area contributed by atoms with Crippen LogP contribution in [-0.2, 0) is 22.3 Å². The van der Waals surface area contributed by atoms with Crippen LogP contribution in [0.15, 0.2) is 29.6 Å². The van der Waals surface area contributed by atoms with Gasteiger partial charge in [0.1, 0.15) is 5.01 Å². The molecule has 1 aromatic heterocycles. The van der Waals surface area contributed by atoms with Crippen LogP contribution >= 0.6 is 23.7 Å². The monoisotopic (exact) mass is 435 g/mol. The van der Waals surface area contributed by atoms with E-state index in [0.717, 1.165) is 12.1 Å². The Morgan fingerprint density at radius 3 is 2.46 bits per heavy atom. The summed E-state index contributed by atoms with van der Waals surface area (Å²) in [7, 11) is 0. The minimum Gasteiger partial charge on any atom is -0.381 e. The molecule has 1 aromatic carbocycles. The van der Waals surface area contributed by atoms with E-state index in [9.17, 15) is 18.0 Å². The molecule has 0 atom stereocenters. The van der Waals surface area contributed by atoms with E-state index >= 15 is 0 Å². The first-order chi connectivity index (χ1) is 12.8. The number of nitrogens with two attached hydrogens (primary N) is 1. The molecular formula is C18H21ClF3N3O2S. The number of thiazole rings is 1. The Balaban J connectivity index is 0.00000280. The number of benzene rings is 1. The van der Waals surface area contributed by atoms with Crippen molar-refractivity contribution in [3.05, 3.63) is 40.9 Å². The van der Waals surface area contributed by atoms with Crippen molar-refractivity contribution in [1.82, 2.24) is 10.3 Å². The second-order valence-electron chi connectivity index (χ2n) is 6.50. The summed E-state index contributed by atoms with van der Waals surface area (Å²) in [6, 6.07) is 4.87. The van der Waals surface area contributed by atoms with Crippen molar-refractivity contribution < 1.29 is 22.7 Å². The maximum atomic E-state index is 12.6. The van der Waals surface area contributed by atoms with Gasteiger partial charge in [-0.2, -0.15) is 13.2 Å². The fourth-order valence-corrected chi connectivity index (χ4v) is 3.79. The van der Waals surface area contributed by atoms with Gasteiger partial charge in [0, 0.05) is 30.7 Å². The Morgan fingerprint density at radius 1 is 1.25 bits per heavy atom. The molecule has 28 heavy (non-hydrogen) atoms. The fraction of sp³-hybridized carbons (Fsp3) is 0.444. The SMILES string of the molecule is Cl.NCC1(C(=O)NCc2csc(-c3ccc(C(F)(F)F)cc3)n2)CCOCC1. The normalized spacial score (nSPS) is 16.3. The molecule has 2 aromatic rings. The minimum absolute atomic E-state index is 0. The van der Waals surface area contributed by atoms with Crippen molar-refractivity contribution in [2.24, 2.45) is 11.1 Å². The summed E-state index contributed by atoms with van der Waals surface area (Å²) < 4.78 is 43.2. The number of hydrogen-bond donors (Lipinski definition) is 2. The van der Waals surface area contributed by atoms with Gasteiger partial charge >= 0.3 is 6.18 Å². The van der Waals surface area contributed by atoms with E-state index in [-0.39, 0.29) is 31.4 Å². The molecule has 3 N–H and O–H groups in total. The van der Waals surface area contributed by atoms with E-state index < -0.39 is 17.2 Å². The summed E-state index contributed by atoms with van der Waals surface area (Å²) in [5.41, 5.74) is 5.78. The number of aromatic nitrogens is 1. The topological polar surface area (TPSA) is 77.2 Å². The maximum absolute atomic E-state index is 12.6. The van der Waals surface area contributed by atoms with Crippen LogP contribution in [0.25, 0.3) is 10.6 Å². The van der Waals surface area contributed by atoms with Crippen LogP contribution in [0.1, 0.15) is 24.1 Å². The summed E-state index contributed by atoms with van der Waals surface area (Å²) >= 11 is 1.32. The smallest absolute Gasteiger partial charge is 0.381 e. The molecule has 0 radical (unpaired) electrons. The van der Waals surface area contributed by atoms with E-state index in [2.05, 4.69) is 10.3 Å². The fourth-order valence-electron chi connectivity index (χ4n) is 2.97. The predicted molar refractivity (Wildman–Crippen MR) is 103 cm³/mol. The van der Waals surface area contributed by atoms with Gasteiger partial charge in [-0.15, -0.1) is 23.7 Å². The lowest BCUT2D eigenvalue weighted by Crippen LogP contribution is -2.49. The Morgan fingerprint density at radius 2 is 1.89 bits per heavy atom.